The van der Waals surface area contributed by atoms with Gasteiger partial charge in [0.25, 0.3) is 0 Å². The van der Waals surface area contributed by atoms with Gasteiger partial charge >= 0.3 is 5.97 Å². The Bertz CT molecular complexity index is 562. The molecule has 0 radical (unpaired) electrons. The van der Waals surface area contributed by atoms with E-state index in [0.717, 1.165) is 18.6 Å². The van der Waals surface area contributed by atoms with E-state index >= 15 is 0 Å². The maximum atomic E-state index is 11.3. The Morgan fingerprint density at radius 1 is 1.47 bits per heavy atom. The van der Waals surface area contributed by atoms with Gasteiger partial charge in [0.05, 0.1) is 11.8 Å². The standard InChI is InChI=1S/C13H15N3O2S/c1-8-10(12(17)18)11(16-9(2)15-8)19-7-13(3-4-13)5-6-14/h3-5,7H2,1-2H3,(H,17,18). The summed E-state index contributed by atoms with van der Waals surface area (Å²) in [6, 6.07) is 2.20. The third-order valence-corrected chi connectivity index (χ3v) is 4.63. The van der Waals surface area contributed by atoms with E-state index in [4.69, 9.17) is 5.26 Å². The Kier molecular flexibility index (Phi) is 3.76. The van der Waals surface area contributed by atoms with Crippen LogP contribution in [0.5, 0.6) is 0 Å². The molecule has 0 bridgehead atoms. The van der Waals surface area contributed by atoms with Crippen LogP contribution in [0, 0.1) is 30.6 Å². The second-order valence-electron chi connectivity index (χ2n) is 4.97. The van der Waals surface area contributed by atoms with Crippen molar-refractivity contribution in [3.63, 3.8) is 0 Å². The van der Waals surface area contributed by atoms with Gasteiger partial charge in [0.15, 0.2) is 0 Å². The topological polar surface area (TPSA) is 86.9 Å². The monoisotopic (exact) mass is 277 g/mol. The summed E-state index contributed by atoms with van der Waals surface area (Å²) < 4.78 is 0. The molecule has 1 saturated carbocycles. The van der Waals surface area contributed by atoms with Gasteiger partial charge < -0.3 is 5.11 Å². The highest BCUT2D eigenvalue weighted by molar-refractivity contribution is 7.99. The summed E-state index contributed by atoms with van der Waals surface area (Å²) >= 11 is 1.43. The molecule has 100 valence electrons. The zero-order valence-electron chi connectivity index (χ0n) is 10.9. The first kappa shape index (κ1) is 13.8. The van der Waals surface area contributed by atoms with Crippen molar-refractivity contribution in [2.45, 2.75) is 38.1 Å². The maximum Gasteiger partial charge on any atom is 0.340 e. The minimum atomic E-state index is -0.995. The van der Waals surface area contributed by atoms with Gasteiger partial charge in [-0.25, -0.2) is 14.8 Å². The molecule has 1 aromatic rings. The van der Waals surface area contributed by atoms with E-state index in [1.165, 1.54) is 11.8 Å². The van der Waals surface area contributed by atoms with Gasteiger partial charge in [-0.05, 0) is 32.1 Å². The number of rotatable bonds is 5. The number of carboxylic acid groups (broad SMARTS) is 1. The van der Waals surface area contributed by atoms with Gasteiger partial charge in [0.1, 0.15) is 16.4 Å². The number of hydrogen-bond acceptors (Lipinski definition) is 5. The number of aromatic nitrogens is 2. The molecule has 0 amide bonds. The molecule has 0 aromatic carbocycles. The number of aromatic carboxylic acids is 1. The second kappa shape index (κ2) is 5.17. The molecule has 1 fully saturated rings. The Balaban J connectivity index is 2.20. The second-order valence-corrected chi connectivity index (χ2v) is 5.93. The minimum absolute atomic E-state index is 0.0714. The number of nitriles is 1. The van der Waals surface area contributed by atoms with Gasteiger partial charge in [-0.2, -0.15) is 5.26 Å². The quantitative estimate of drug-likeness (QED) is 0.657. The maximum absolute atomic E-state index is 11.3. The van der Waals surface area contributed by atoms with Gasteiger partial charge in [-0.1, -0.05) is 0 Å². The van der Waals surface area contributed by atoms with Crippen molar-refractivity contribution in [2.75, 3.05) is 5.75 Å². The molecule has 1 aliphatic rings. The van der Waals surface area contributed by atoms with Crippen molar-refractivity contribution in [1.82, 2.24) is 9.97 Å². The van der Waals surface area contributed by atoms with E-state index < -0.39 is 5.97 Å². The highest BCUT2D eigenvalue weighted by atomic mass is 32.2. The molecule has 1 aromatic heterocycles. The van der Waals surface area contributed by atoms with Crippen molar-refractivity contribution in [3.8, 4) is 6.07 Å². The summed E-state index contributed by atoms with van der Waals surface area (Å²) in [6.07, 6.45) is 2.61. The molecule has 2 rings (SSSR count). The van der Waals surface area contributed by atoms with E-state index in [-0.39, 0.29) is 11.0 Å². The number of hydrogen-bond donors (Lipinski definition) is 1. The van der Waals surface area contributed by atoms with Crippen molar-refractivity contribution in [1.29, 1.82) is 5.26 Å². The van der Waals surface area contributed by atoms with E-state index in [9.17, 15) is 9.90 Å². The predicted molar refractivity (Wildman–Crippen MR) is 71.1 cm³/mol. The van der Waals surface area contributed by atoms with Crippen LogP contribution in [0.25, 0.3) is 0 Å². The lowest BCUT2D eigenvalue weighted by Crippen LogP contribution is -2.10. The molecular formula is C13H15N3O2S. The molecule has 19 heavy (non-hydrogen) atoms. The van der Waals surface area contributed by atoms with Crippen molar-refractivity contribution in [2.24, 2.45) is 5.41 Å². The minimum Gasteiger partial charge on any atom is -0.478 e. The van der Waals surface area contributed by atoms with Gasteiger partial charge in [0, 0.05) is 12.2 Å². The van der Waals surface area contributed by atoms with E-state index in [0.29, 0.717) is 23.0 Å². The van der Waals surface area contributed by atoms with Crippen LogP contribution in [0.15, 0.2) is 5.03 Å². The lowest BCUT2D eigenvalue weighted by molar-refractivity contribution is 0.0690. The average Bonchev–Trinajstić information content (AvgIpc) is 3.06. The fourth-order valence-corrected chi connectivity index (χ4v) is 3.38. The SMILES string of the molecule is Cc1nc(C)c(C(=O)O)c(SCC2(CC#N)CC2)n1. The summed E-state index contributed by atoms with van der Waals surface area (Å²) in [5, 5.41) is 18.5. The van der Waals surface area contributed by atoms with E-state index in [1.54, 1.807) is 13.8 Å². The molecule has 0 atom stereocenters. The van der Waals surface area contributed by atoms with Gasteiger partial charge in [0.2, 0.25) is 0 Å². The molecule has 0 saturated heterocycles. The molecule has 1 aliphatic carbocycles. The highest BCUT2D eigenvalue weighted by Gasteiger charge is 2.42. The number of nitrogens with zero attached hydrogens (tertiary/aromatic N) is 3. The number of aryl methyl sites for hydroxylation is 2. The van der Waals surface area contributed by atoms with Crippen LogP contribution in [-0.4, -0.2) is 26.8 Å². The van der Waals surface area contributed by atoms with E-state index in [2.05, 4.69) is 16.0 Å². The molecule has 0 unspecified atom stereocenters. The Morgan fingerprint density at radius 3 is 2.68 bits per heavy atom. The highest BCUT2D eigenvalue weighted by Crippen LogP contribution is 2.51. The van der Waals surface area contributed by atoms with Crippen LogP contribution in [-0.2, 0) is 0 Å². The zero-order valence-corrected chi connectivity index (χ0v) is 11.8. The van der Waals surface area contributed by atoms with Gasteiger partial charge in [-0.3, -0.25) is 0 Å². The smallest absolute Gasteiger partial charge is 0.340 e. The Labute approximate surface area is 116 Å². The van der Waals surface area contributed by atoms with Crippen LogP contribution in [0.3, 0.4) is 0 Å². The first-order valence-corrected chi connectivity index (χ1v) is 7.04. The summed E-state index contributed by atoms with van der Waals surface area (Å²) in [4.78, 5) is 19.6. The Morgan fingerprint density at radius 2 is 2.16 bits per heavy atom. The molecule has 0 aliphatic heterocycles. The third kappa shape index (κ3) is 3.04. The summed E-state index contributed by atoms with van der Waals surface area (Å²) in [7, 11) is 0. The molecule has 1 heterocycles. The van der Waals surface area contributed by atoms with Crippen LogP contribution in [0.4, 0.5) is 0 Å². The number of carbonyl (C=O) groups is 1. The molecule has 5 nitrogen and oxygen atoms in total. The third-order valence-electron chi connectivity index (χ3n) is 3.31. The van der Waals surface area contributed by atoms with Crippen molar-refractivity contribution in [3.05, 3.63) is 17.1 Å². The normalized spacial score (nSPS) is 15.8. The van der Waals surface area contributed by atoms with Crippen molar-refractivity contribution >= 4 is 17.7 Å². The van der Waals surface area contributed by atoms with Crippen molar-refractivity contribution < 1.29 is 9.90 Å². The van der Waals surface area contributed by atoms with Crippen LogP contribution >= 0.6 is 11.8 Å². The van der Waals surface area contributed by atoms with E-state index in [1.807, 2.05) is 0 Å². The summed E-state index contributed by atoms with van der Waals surface area (Å²) in [5.74, 6) is 0.330. The molecule has 0 spiro atoms. The van der Waals surface area contributed by atoms with Crippen LogP contribution in [0.2, 0.25) is 0 Å². The number of carboxylic acids is 1. The molecular weight excluding hydrogens is 262 g/mol. The molecule has 1 N–H and O–H groups in total. The lowest BCUT2D eigenvalue weighted by Gasteiger charge is -2.12. The Hall–Kier alpha value is -1.61. The van der Waals surface area contributed by atoms with Crippen LogP contribution in [0.1, 0.15) is 41.1 Å². The van der Waals surface area contributed by atoms with Crippen LogP contribution < -0.4 is 0 Å². The fraction of sp³-hybridized carbons (Fsp3) is 0.538. The predicted octanol–water partition coefficient (Wildman–Crippen LogP) is 2.58. The largest absolute Gasteiger partial charge is 0.478 e. The zero-order chi connectivity index (χ0) is 14.0. The lowest BCUT2D eigenvalue weighted by atomic mass is 10.1. The summed E-state index contributed by atoms with van der Waals surface area (Å²) in [6.45, 7) is 3.44. The first-order chi connectivity index (χ1) is 8.97. The average molecular weight is 277 g/mol. The first-order valence-electron chi connectivity index (χ1n) is 6.06. The fourth-order valence-electron chi connectivity index (χ4n) is 1.97. The molecule has 6 heteroatoms. The number of thioether (sulfide) groups is 1. The summed E-state index contributed by atoms with van der Waals surface area (Å²) in [5.41, 5.74) is 0.748. The van der Waals surface area contributed by atoms with Gasteiger partial charge in [-0.15, -0.1) is 11.8 Å².